The van der Waals surface area contributed by atoms with Gasteiger partial charge in [0.15, 0.2) is 0 Å². The van der Waals surface area contributed by atoms with Crippen molar-refractivity contribution in [2.75, 3.05) is 5.32 Å². The molecule has 0 spiro atoms. The van der Waals surface area contributed by atoms with Gasteiger partial charge in [-0.05, 0) is 41.9 Å². The normalized spacial score (nSPS) is 10.9. The van der Waals surface area contributed by atoms with Crippen molar-refractivity contribution in [2.24, 2.45) is 0 Å². The van der Waals surface area contributed by atoms with Gasteiger partial charge in [0, 0.05) is 0 Å². The summed E-state index contributed by atoms with van der Waals surface area (Å²) in [5.41, 5.74) is -0.407. The van der Waals surface area contributed by atoms with E-state index in [0.29, 0.717) is 0 Å². The summed E-state index contributed by atoms with van der Waals surface area (Å²) in [5, 5.41) is 6.34. The fourth-order valence-electron chi connectivity index (χ4n) is 1.61. The molecule has 0 aliphatic heterocycles. The van der Waals surface area contributed by atoms with Gasteiger partial charge < -0.3 is 0 Å². The molecule has 1 amide bonds. The first-order valence-corrected chi connectivity index (χ1v) is 6.55. The predicted molar refractivity (Wildman–Crippen MR) is 72.4 cm³/mol. The van der Waals surface area contributed by atoms with Gasteiger partial charge >= 0.3 is 0 Å². The van der Waals surface area contributed by atoms with E-state index in [0.717, 1.165) is 12.1 Å². The molecule has 0 saturated carbocycles. The number of halogens is 3. The van der Waals surface area contributed by atoms with Crippen molar-refractivity contribution >= 4 is 27.8 Å². The zero-order chi connectivity index (χ0) is 14.9. The maximum Gasteiger partial charge on any atom is 0.261 e. The summed E-state index contributed by atoms with van der Waals surface area (Å²) in [6.07, 6.45) is 1.27. The molecule has 1 aromatic carbocycles. The summed E-state index contributed by atoms with van der Waals surface area (Å²) in [6, 6.07) is 1.74. The standard InChI is InChI=1S/C12H11BrF2N4O/c1-6(2)19-12(16-5-17-19)18-11(20)8-3-7(14)4-9(13)10(8)15/h3-6H,1-2H3,(H,16,17,18,20). The minimum atomic E-state index is -0.834. The minimum Gasteiger partial charge on any atom is -0.290 e. The fraction of sp³-hybridized carbons (Fsp3) is 0.250. The summed E-state index contributed by atoms with van der Waals surface area (Å²) in [7, 11) is 0. The summed E-state index contributed by atoms with van der Waals surface area (Å²) in [5.74, 6) is -2.17. The molecule has 2 rings (SSSR count). The molecule has 5 nitrogen and oxygen atoms in total. The SMILES string of the molecule is CC(C)n1ncnc1NC(=O)c1cc(F)cc(Br)c1F. The van der Waals surface area contributed by atoms with Crippen LogP contribution in [0.1, 0.15) is 30.2 Å². The Hall–Kier alpha value is -1.83. The molecule has 0 unspecified atom stereocenters. The van der Waals surface area contributed by atoms with E-state index in [2.05, 4.69) is 31.3 Å². The van der Waals surface area contributed by atoms with E-state index >= 15 is 0 Å². The Balaban J connectivity index is 2.31. The van der Waals surface area contributed by atoms with Crippen molar-refractivity contribution < 1.29 is 13.6 Å². The quantitative estimate of drug-likeness (QED) is 0.870. The second-order valence-electron chi connectivity index (χ2n) is 4.33. The molecule has 0 fully saturated rings. The number of carbonyl (C=O) groups is 1. The predicted octanol–water partition coefficient (Wildman–Crippen LogP) is 3.15. The first-order valence-electron chi connectivity index (χ1n) is 5.75. The lowest BCUT2D eigenvalue weighted by molar-refractivity contribution is 0.102. The molecule has 0 aliphatic carbocycles. The smallest absolute Gasteiger partial charge is 0.261 e. The van der Waals surface area contributed by atoms with Crippen molar-refractivity contribution in [1.82, 2.24) is 14.8 Å². The van der Waals surface area contributed by atoms with Gasteiger partial charge in [-0.1, -0.05) is 0 Å². The third-order valence-electron chi connectivity index (χ3n) is 2.53. The highest BCUT2D eigenvalue weighted by atomic mass is 79.9. The fourth-order valence-corrected chi connectivity index (χ4v) is 2.04. The van der Waals surface area contributed by atoms with E-state index in [9.17, 15) is 13.6 Å². The van der Waals surface area contributed by atoms with Crippen molar-refractivity contribution in [1.29, 1.82) is 0 Å². The van der Waals surface area contributed by atoms with Gasteiger partial charge in [0.05, 0.1) is 16.1 Å². The van der Waals surface area contributed by atoms with Crippen LogP contribution in [0.2, 0.25) is 0 Å². The van der Waals surface area contributed by atoms with Crippen LogP contribution < -0.4 is 5.32 Å². The summed E-state index contributed by atoms with van der Waals surface area (Å²) in [4.78, 5) is 15.9. The molecule has 1 aromatic heterocycles. The number of aromatic nitrogens is 3. The number of nitrogens with one attached hydrogen (secondary N) is 1. The first kappa shape index (κ1) is 14.6. The minimum absolute atomic E-state index is 0.0307. The number of benzene rings is 1. The number of hydrogen-bond acceptors (Lipinski definition) is 3. The largest absolute Gasteiger partial charge is 0.290 e. The number of carbonyl (C=O) groups excluding carboxylic acids is 1. The number of anilines is 1. The lowest BCUT2D eigenvalue weighted by Gasteiger charge is -2.10. The van der Waals surface area contributed by atoms with Crippen LogP contribution in [0.25, 0.3) is 0 Å². The van der Waals surface area contributed by atoms with Crippen molar-refractivity contribution in [3.63, 3.8) is 0 Å². The number of rotatable bonds is 3. The van der Waals surface area contributed by atoms with Crippen LogP contribution in [0.4, 0.5) is 14.7 Å². The Labute approximate surface area is 122 Å². The average molecular weight is 345 g/mol. The van der Waals surface area contributed by atoms with Crippen molar-refractivity contribution in [3.8, 4) is 0 Å². The van der Waals surface area contributed by atoms with Gasteiger partial charge in [-0.3, -0.25) is 10.1 Å². The van der Waals surface area contributed by atoms with Gasteiger partial charge in [0.25, 0.3) is 5.91 Å². The van der Waals surface area contributed by atoms with Gasteiger partial charge in [-0.15, -0.1) is 0 Å². The highest BCUT2D eigenvalue weighted by molar-refractivity contribution is 9.10. The Kier molecular flexibility index (Phi) is 4.12. The Morgan fingerprint density at radius 1 is 1.40 bits per heavy atom. The Morgan fingerprint density at radius 2 is 2.10 bits per heavy atom. The molecule has 8 heteroatoms. The van der Waals surface area contributed by atoms with E-state index in [1.165, 1.54) is 11.0 Å². The molecule has 106 valence electrons. The van der Waals surface area contributed by atoms with E-state index < -0.39 is 23.1 Å². The van der Waals surface area contributed by atoms with E-state index in [4.69, 9.17) is 0 Å². The van der Waals surface area contributed by atoms with Gasteiger partial charge in [-0.25, -0.2) is 13.5 Å². The molecular formula is C12H11BrF2N4O. The summed E-state index contributed by atoms with van der Waals surface area (Å²) >= 11 is 2.85. The van der Waals surface area contributed by atoms with Gasteiger partial charge in [0.2, 0.25) is 5.95 Å². The number of hydrogen-bond donors (Lipinski definition) is 1. The molecule has 20 heavy (non-hydrogen) atoms. The second kappa shape index (κ2) is 5.66. The topological polar surface area (TPSA) is 59.8 Å². The zero-order valence-corrected chi connectivity index (χ0v) is 12.3. The van der Waals surface area contributed by atoms with Crippen LogP contribution in [-0.2, 0) is 0 Å². The molecule has 0 saturated heterocycles. The van der Waals surface area contributed by atoms with Crippen molar-refractivity contribution in [2.45, 2.75) is 19.9 Å². The van der Waals surface area contributed by atoms with Crippen LogP contribution in [0, 0.1) is 11.6 Å². The molecule has 0 aliphatic rings. The molecule has 0 bridgehead atoms. The van der Waals surface area contributed by atoms with Gasteiger partial charge in [-0.2, -0.15) is 10.1 Å². The number of amides is 1. The molecule has 2 aromatic rings. The summed E-state index contributed by atoms with van der Waals surface area (Å²) < 4.78 is 28.4. The first-order chi connectivity index (χ1) is 9.40. The molecular weight excluding hydrogens is 334 g/mol. The Bertz CT molecular complexity index is 657. The molecule has 1 heterocycles. The van der Waals surface area contributed by atoms with Crippen LogP contribution in [0.3, 0.4) is 0 Å². The Morgan fingerprint density at radius 3 is 2.75 bits per heavy atom. The molecule has 0 atom stereocenters. The molecule has 1 N–H and O–H groups in total. The van der Waals surface area contributed by atoms with Crippen molar-refractivity contribution in [3.05, 3.63) is 40.1 Å². The van der Waals surface area contributed by atoms with E-state index in [-0.39, 0.29) is 16.5 Å². The lowest BCUT2D eigenvalue weighted by Crippen LogP contribution is -2.19. The van der Waals surface area contributed by atoms with Crippen LogP contribution >= 0.6 is 15.9 Å². The van der Waals surface area contributed by atoms with Crippen LogP contribution in [0.15, 0.2) is 22.9 Å². The third kappa shape index (κ3) is 2.84. The second-order valence-corrected chi connectivity index (χ2v) is 5.18. The van der Waals surface area contributed by atoms with E-state index in [1.54, 1.807) is 0 Å². The average Bonchev–Trinajstić information content (AvgIpc) is 2.81. The maximum atomic E-state index is 13.8. The summed E-state index contributed by atoms with van der Waals surface area (Å²) in [6.45, 7) is 3.70. The van der Waals surface area contributed by atoms with E-state index in [1.807, 2.05) is 13.8 Å². The highest BCUT2D eigenvalue weighted by Crippen LogP contribution is 2.22. The highest BCUT2D eigenvalue weighted by Gasteiger charge is 2.19. The third-order valence-corrected chi connectivity index (χ3v) is 3.10. The maximum absolute atomic E-state index is 13.8. The van der Waals surface area contributed by atoms with Crippen LogP contribution in [-0.4, -0.2) is 20.7 Å². The molecule has 0 radical (unpaired) electrons. The van der Waals surface area contributed by atoms with Crippen LogP contribution in [0.5, 0.6) is 0 Å². The zero-order valence-electron chi connectivity index (χ0n) is 10.7. The van der Waals surface area contributed by atoms with Gasteiger partial charge in [0.1, 0.15) is 18.0 Å². The lowest BCUT2D eigenvalue weighted by atomic mass is 10.2. The monoisotopic (exact) mass is 344 g/mol. The number of nitrogens with zero attached hydrogens (tertiary/aromatic N) is 3.